The van der Waals surface area contributed by atoms with Crippen LogP contribution in [0.3, 0.4) is 0 Å². The third-order valence-electron chi connectivity index (χ3n) is 5.31. The molecule has 2 aliphatic heterocycles. The second-order valence-electron chi connectivity index (χ2n) is 7.93. The Labute approximate surface area is 150 Å². The number of urea groups is 1. The van der Waals surface area contributed by atoms with E-state index in [4.69, 9.17) is 9.84 Å². The van der Waals surface area contributed by atoms with Gasteiger partial charge in [-0.25, -0.2) is 4.79 Å². The number of likely N-dealkylation sites (tertiary alicyclic amines) is 1. The van der Waals surface area contributed by atoms with Gasteiger partial charge in [-0.1, -0.05) is 13.0 Å². The average Bonchev–Trinajstić information content (AvgIpc) is 3.14. The number of nitrogens with one attached hydrogen (secondary N) is 1. The molecule has 1 saturated heterocycles. The molecule has 0 bridgehead atoms. The molecular weight excluding hydrogens is 316 g/mol. The van der Waals surface area contributed by atoms with Gasteiger partial charge in [0.2, 0.25) is 0 Å². The number of aliphatic hydroxyl groups is 1. The fourth-order valence-electron chi connectivity index (χ4n) is 3.94. The minimum atomic E-state index is -0.150. The Bertz CT molecular complexity index is 629. The summed E-state index contributed by atoms with van der Waals surface area (Å²) in [5.74, 6) is 1.39. The van der Waals surface area contributed by atoms with Gasteiger partial charge >= 0.3 is 6.03 Å². The van der Waals surface area contributed by atoms with E-state index >= 15 is 0 Å². The summed E-state index contributed by atoms with van der Waals surface area (Å²) in [6.07, 6.45) is 3.51. The van der Waals surface area contributed by atoms with Crippen LogP contribution in [0, 0.1) is 5.92 Å². The van der Waals surface area contributed by atoms with Crippen LogP contribution in [0.4, 0.5) is 4.79 Å². The summed E-state index contributed by atoms with van der Waals surface area (Å²) in [5.41, 5.74) is 2.21. The molecule has 0 unspecified atom stereocenters. The third-order valence-corrected chi connectivity index (χ3v) is 5.31. The topological polar surface area (TPSA) is 61.8 Å². The van der Waals surface area contributed by atoms with Crippen molar-refractivity contribution in [2.45, 2.75) is 58.1 Å². The largest absolute Gasteiger partial charge is 0.487 e. The van der Waals surface area contributed by atoms with Gasteiger partial charge in [-0.3, -0.25) is 0 Å². The molecule has 138 valence electrons. The van der Waals surface area contributed by atoms with E-state index in [0.717, 1.165) is 50.1 Å². The van der Waals surface area contributed by atoms with Gasteiger partial charge in [-0.2, -0.15) is 0 Å². The van der Waals surface area contributed by atoms with Crippen molar-refractivity contribution >= 4 is 6.03 Å². The van der Waals surface area contributed by atoms with Gasteiger partial charge in [0, 0.05) is 26.1 Å². The molecule has 0 aliphatic carbocycles. The summed E-state index contributed by atoms with van der Waals surface area (Å²) in [6.45, 7) is 8.01. The highest BCUT2D eigenvalue weighted by Gasteiger charge is 2.31. The van der Waals surface area contributed by atoms with Crippen LogP contribution in [0.1, 0.15) is 57.2 Å². The van der Waals surface area contributed by atoms with Gasteiger partial charge in [0.15, 0.2) is 0 Å². The predicted molar refractivity (Wildman–Crippen MR) is 97.8 cm³/mol. The summed E-state index contributed by atoms with van der Waals surface area (Å²) in [7, 11) is 0. The highest BCUT2D eigenvalue weighted by molar-refractivity contribution is 5.75. The van der Waals surface area contributed by atoms with Crippen LogP contribution < -0.4 is 10.1 Å². The molecule has 2 amide bonds. The number of hydrogen-bond acceptors (Lipinski definition) is 3. The maximum atomic E-state index is 12.6. The van der Waals surface area contributed by atoms with Gasteiger partial charge in [0.25, 0.3) is 0 Å². The van der Waals surface area contributed by atoms with Crippen molar-refractivity contribution in [1.82, 2.24) is 10.2 Å². The van der Waals surface area contributed by atoms with E-state index in [-0.39, 0.29) is 24.3 Å². The third kappa shape index (κ3) is 4.09. The van der Waals surface area contributed by atoms with E-state index in [9.17, 15) is 4.79 Å². The molecule has 2 heterocycles. The number of carbonyl (C=O) groups excluding carboxylic acids is 1. The normalized spacial score (nSPS) is 22.4. The van der Waals surface area contributed by atoms with Crippen molar-refractivity contribution in [3.05, 3.63) is 29.3 Å². The summed E-state index contributed by atoms with van der Waals surface area (Å²) < 4.78 is 5.94. The summed E-state index contributed by atoms with van der Waals surface area (Å²) >= 11 is 0. The van der Waals surface area contributed by atoms with E-state index < -0.39 is 0 Å². The number of rotatable bonds is 5. The maximum absolute atomic E-state index is 12.6. The number of carbonyl (C=O) groups is 1. The van der Waals surface area contributed by atoms with Crippen molar-refractivity contribution in [1.29, 1.82) is 0 Å². The van der Waals surface area contributed by atoms with Crippen LogP contribution >= 0.6 is 0 Å². The second-order valence-corrected chi connectivity index (χ2v) is 7.93. The van der Waals surface area contributed by atoms with E-state index in [0.29, 0.717) is 5.92 Å². The Kier molecular flexibility index (Phi) is 5.23. The second kappa shape index (κ2) is 7.24. The lowest BCUT2D eigenvalue weighted by Gasteiger charge is -2.23. The quantitative estimate of drug-likeness (QED) is 0.860. The lowest BCUT2D eigenvalue weighted by Crippen LogP contribution is -2.40. The highest BCUT2D eigenvalue weighted by Crippen LogP contribution is 2.36. The Hall–Kier alpha value is -1.75. The molecule has 5 heteroatoms. The zero-order valence-corrected chi connectivity index (χ0v) is 15.5. The fourth-order valence-corrected chi connectivity index (χ4v) is 3.94. The number of fused-ring (bicyclic) bond motifs is 1. The van der Waals surface area contributed by atoms with Gasteiger partial charge in [-0.15, -0.1) is 0 Å². The molecule has 1 fully saturated rings. The Morgan fingerprint density at radius 2 is 2.28 bits per heavy atom. The number of benzene rings is 1. The average molecular weight is 346 g/mol. The van der Waals surface area contributed by atoms with E-state index in [1.54, 1.807) is 0 Å². The Balaban J connectivity index is 1.65. The van der Waals surface area contributed by atoms with Crippen molar-refractivity contribution in [2.24, 2.45) is 5.92 Å². The van der Waals surface area contributed by atoms with Crippen molar-refractivity contribution in [3.63, 3.8) is 0 Å². The number of ether oxygens (including phenoxy) is 1. The molecular formula is C20H30N2O3. The molecule has 25 heavy (non-hydrogen) atoms. The van der Waals surface area contributed by atoms with Crippen molar-refractivity contribution in [3.8, 4) is 5.75 Å². The van der Waals surface area contributed by atoms with Gasteiger partial charge in [-0.05, 0) is 62.3 Å². The minimum Gasteiger partial charge on any atom is -0.487 e. The fraction of sp³-hybridized carbons (Fsp3) is 0.650. The van der Waals surface area contributed by atoms with Crippen LogP contribution in [0.15, 0.2) is 18.2 Å². The number of amides is 2. The van der Waals surface area contributed by atoms with E-state index in [1.165, 1.54) is 5.56 Å². The van der Waals surface area contributed by atoms with Crippen molar-refractivity contribution in [2.75, 3.05) is 19.7 Å². The molecule has 3 rings (SSSR count). The first-order chi connectivity index (χ1) is 11.9. The first-order valence-corrected chi connectivity index (χ1v) is 9.40. The first-order valence-electron chi connectivity index (χ1n) is 9.40. The van der Waals surface area contributed by atoms with Gasteiger partial charge < -0.3 is 20.1 Å². The minimum absolute atomic E-state index is 0.00404. The van der Waals surface area contributed by atoms with E-state index in [1.807, 2.05) is 11.0 Å². The monoisotopic (exact) mass is 346 g/mol. The zero-order chi connectivity index (χ0) is 18.0. The summed E-state index contributed by atoms with van der Waals surface area (Å²) in [5, 5.41) is 12.3. The molecule has 5 nitrogen and oxygen atoms in total. The SMILES string of the molecule is CC[C@H](NC(=O)N1CC[C@H](CCO)C1)c1ccc2c(c1)CC(C)(C)O2. The predicted octanol–water partition coefficient (Wildman–Crippen LogP) is 3.27. The van der Waals surface area contributed by atoms with Crippen LogP contribution in [-0.4, -0.2) is 41.3 Å². The van der Waals surface area contributed by atoms with Crippen LogP contribution in [0.25, 0.3) is 0 Å². The van der Waals surface area contributed by atoms with E-state index in [2.05, 4.69) is 38.2 Å². The van der Waals surface area contributed by atoms with Crippen LogP contribution in [0.2, 0.25) is 0 Å². The zero-order valence-electron chi connectivity index (χ0n) is 15.5. The Morgan fingerprint density at radius 1 is 1.48 bits per heavy atom. The maximum Gasteiger partial charge on any atom is 0.317 e. The molecule has 2 N–H and O–H groups in total. The number of hydrogen-bond donors (Lipinski definition) is 2. The van der Waals surface area contributed by atoms with Gasteiger partial charge in [0.05, 0.1) is 6.04 Å². The van der Waals surface area contributed by atoms with Gasteiger partial charge in [0.1, 0.15) is 11.4 Å². The lowest BCUT2D eigenvalue weighted by molar-refractivity contribution is 0.138. The first kappa shape index (κ1) is 18.1. The highest BCUT2D eigenvalue weighted by atomic mass is 16.5. The molecule has 2 atom stereocenters. The van der Waals surface area contributed by atoms with Crippen LogP contribution in [0.5, 0.6) is 5.75 Å². The summed E-state index contributed by atoms with van der Waals surface area (Å²) in [4.78, 5) is 14.5. The molecule has 0 radical (unpaired) electrons. The molecule has 0 spiro atoms. The molecule has 0 saturated carbocycles. The number of aliphatic hydroxyl groups excluding tert-OH is 1. The molecule has 0 aromatic heterocycles. The lowest BCUT2D eigenvalue weighted by atomic mass is 9.97. The molecule has 2 aliphatic rings. The smallest absolute Gasteiger partial charge is 0.317 e. The molecule has 1 aromatic rings. The van der Waals surface area contributed by atoms with Crippen LogP contribution in [-0.2, 0) is 6.42 Å². The molecule has 1 aromatic carbocycles. The van der Waals surface area contributed by atoms with Crippen molar-refractivity contribution < 1.29 is 14.6 Å². The number of nitrogens with zero attached hydrogens (tertiary/aromatic N) is 1. The summed E-state index contributed by atoms with van der Waals surface area (Å²) in [6, 6.07) is 6.29. The standard InChI is InChI=1S/C20H30N2O3/c1-4-17(21-19(24)22-9-7-14(13-22)8-10-23)15-5-6-18-16(11-15)12-20(2,3)25-18/h5-6,11,14,17,23H,4,7-10,12-13H2,1-3H3,(H,21,24)/t14-,17+/m1/s1. The Morgan fingerprint density at radius 3 is 3.00 bits per heavy atom.